The standard InChI is InChI=1S/C11H11N3O2S2/c1-6-8(5-10(15)16)17-11(13-6)18-9-3-4-12-7(2)14-9/h3-4H,5H2,1-2H3,(H,15,16). The second-order valence-corrected chi connectivity index (χ2v) is 5.95. The van der Waals surface area contributed by atoms with Gasteiger partial charge in [-0.1, -0.05) is 0 Å². The minimum atomic E-state index is -0.837. The van der Waals surface area contributed by atoms with Gasteiger partial charge in [-0.3, -0.25) is 4.79 Å². The van der Waals surface area contributed by atoms with Gasteiger partial charge in [0, 0.05) is 11.1 Å². The molecule has 7 heteroatoms. The van der Waals surface area contributed by atoms with Crippen LogP contribution in [0.3, 0.4) is 0 Å². The monoisotopic (exact) mass is 281 g/mol. The van der Waals surface area contributed by atoms with Crippen molar-refractivity contribution in [2.24, 2.45) is 0 Å². The maximum atomic E-state index is 10.7. The van der Waals surface area contributed by atoms with Gasteiger partial charge in [0.25, 0.3) is 0 Å². The van der Waals surface area contributed by atoms with E-state index in [1.54, 1.807) is 6.20 Å². The van der Waals surface area contributed by atoms with E-state index in [0.29, 0.717) is 5.82 Å². The summed E-state index contributed by atoms with van der Waals surface area (Å²) in [6.45, 7) is 3.65. The van der Waals surface area contributed by atoms with E-state index in [1.807, 2.05) is 19.9 Å². The highest BCUT2D eigenvalue weighted by atomic mass is 32.2. The number of hydrogen-bond donors (Lipinski definition) is 1. The van der Waals surface area contributed by atoms with E-state index in [2.05, 4.69) is 15.0 Å². The van der Waals surface area contributed by atoms with E-state index < -0.39 is 5.97 Å². The molecule has 0 spiro atoms. The van der Waals surface area contributed by atoms with Crippen LogP contribution in [0.4, 0.5) is 0 Å². The molecule has 1 N–H and O–H groups in total. The third kappa shape index (κ3) is 3.27. The van der Waals surface area contributed by atoms with Crippen LogP contribution in [0, 0.1) is 13.8 Å². The summed E-state index contributed by atoms with van der Waals surface area (Å²) in [5, 5.41) is 9.60. The number of nitrogens with zero attached hydrogens (tertiary/aromatic N) is 3. The summed E-state index contributed by atoms with van der Waals surface area (Å²) in [6.07, 6.45) is 1.72. The zero-order valence-electron chi connectivity index (χ0n) is 9.88. The van der Waals surface area contributed by atoms with Gasteiger partial charge in [0.2, 0.25) is 0 Å². The lowest BCUT2D eigenvalue weighted by Crippen LogP contribution is -1.99. The Kier molecular flexibility index (Phi) is 3.93. The summed E-state index contributed by atoms with van der Waals surface area (Å²) in [5.41, 5.74) is 0.774. The quantitative estimate of drug-likeness (QED) is 0.867. The highest BCUT2D eigenvalue weighted by molar-refractivity contribution is 8.01. The van der Waals surface area contributed by atoms with Crippen molar-refractivity contribution in [3.63, 3.8) is 0 Å². The number of hydrogen-bond acceptors (Lipinski definition) is 6. The molecular formula is C11H11N3O2S2. The fraction of sp³-hybridized carbons (Fsp3) is 0.273. The Morgan fingerprint density at radius 3 is 2.89 bits per heavy atom. The van der Waals surface area contributed by atoms with Crippen LogP contribution in [-0.4, -0.2) is 26.0 Å². The molecule has 0 bridgehead atoms. The molecule has 2 heterocycles. The van der Waals surface area contributed by atoms with Gasteiger partial charge in [0.1, 0.15) is 10.9 Å². The third-order valence-electron chi connectivity index (χ3n) is 2.13. The van der Waals surface area contributed by atoms with Crippen molar-refractivity contribution in [1.82, 2.24) is 15.0 Å². The lowest BCUT2D eigenvalue weighted by molar-refractivity contribution is -0.136. The number of thiazole rings is 1. The summed E-state index contributed by atoms with van der Waals surface area (Å²) >= 11 is 2.83. The Morgan fingerprint density at radius 2 is 2.22 bits per heavy atom. The fourth-order valence-electron chi connectivity index (χ4n) is 1.33. The normalized spacial score (nSPS) is 10.6. The second kappa shape index (κ2) is 5.45. The smallest absolute Gasteiger partial charge is 0.308 e. The van der Waals surface area contributed by atoms with Crippen molar-refractivity contribution in [3.05, 3.63) is 28.7 Å². The summed E-state index contributed by atoms with van der Waals surface area (Å²) in [4.78, 5) is 24.1. The average molecular weight is 281 g/mol. The molecule has 0 saturated heterocycles. The number of aryl methyl sites for hydroxylation is 2. The zero-order valence-corrected chi connectivity index (χ0v) is 11.5. The molecule has 0 aliphatic rings. The van der Waals surface area contributed by atoms with E-state index >= 15 is 0 Å². The van der Waals surface area contributed by atoms with Crippen LogP contribution in [0.1, 0.15) is 16.4 Å². The first-order valence-corrected chi connectivity index (χ1v) is 6.83. The topological polar surface area (TPSA) is 76.0 Å². The predicted molar refractivity (Wildman–Crippen MR) is 69.1 cm³/mol. The van der Waals surface area contributed by atoms with Gasteiger partial charge in [-0.25, -0.2) is 15.0 Å². The number of carbonyl (C=O) groups is 1. The largest absolute Gasteiger partial charge is 0.481 e. The Bertz CT molecular complexity index is 583. The first-order valence-electron chi connectivity index (χ1n) is 5.20. The zero-order chi connectivity index (χ0) is 13.1. The predicted octanol–water partition coefficient (Wildman–Crippen LogP) is 2.33. The number of rotatable bonds is 4. The van der Waals surface area contributed by atoms with Crippen LogP contribution < -0.4 is 0 Å². The molecule has 0 atom stereocenters. The van der Waals surface area contributed by atoms with E-state index in [0.717, 1.165) is 19.9 Å². The molecule has 94 valence electrons. The van der Waals surface area contributed by atoms with Crippen LogP contribution in [0.25, 0.3) is 0 Å². The van der Waals surface area contributed by atoms with Crippen molar-refractivity contribution in [3.8, 4) is 0 Å². The van der Waals surface area contributed by atoms with Crippen LogP contribution >= 0.6 is 23.1 Å². The Morgan fingerprint density at radius 1 is 1.44 bits per heavy atom. The van der Waals surface area contributed by atoms with Gasteiger partial charge in [-0.2, -0.15) is 0 Å². The first kappa shape index (κ1) is 13.0. The van der Waals surface area contributed by atoms with Crippen molar-refractivity contribution in [2.45, 2.75) is 29.6 Å². The molecule has 2 aromatic rings. The lowest BCUT2D eigenvalue weighted by atomic mass is 10.3. The van der Waals surface area contributed by atoms with Crippen LogP contribution in [0.15, 0.2) is 21.6 Å². The van der Waals surface area contributed by atoms with Crippen LogP contribution in [0.5, 0.6) is 0 Å². The molecule has 0 saturated carbocycles. The van der Waals surface area contributed by atoms with Gasteiger partial charge in [-0.15, -0.1) is 11.3 Å². The summed E-state index contributed by atoms with van der Waals surface area (Å²) in [6, 6.07) is 1.81. The van der Waals surface area contributed by atoms with Crippen molar-refractivity contribution >= 4 is 29.1 Å². The fourth-order valence-corrected chi connectivity index (χ4v) is 3.50. The van der Waals surface area contributed by atoms with Crippen molar-refractivity contribution < 1.29 is 9.90 Å². The Balaban J connectivity index is 2.17. The minimum absolute atomic E-state index is 0.0207. The molecule has 0 aliphatic heterocycles. The van der Waals surface area contributed by atoms with E-state index in [-0.39, 0.29) is 6.42 Å². The molecule has 18 heavy (non-hydrogen) atoms. The molecule has 0 unspecified atom stereocenters. The van der Waals surface area contributed by atoms with Gasteiger partial charge in [-0.05, 0) is 31.7 Å². The minimum Gasteiger partial charge on any atom is -0.481 e. The number of aliphatic carboxylic acids is 1. The molecule has 5 nitrogen and oxygen atoms in total. The highest BCUT2D eigenvalue weighted by Crippen LogP contribution is 2.31. The SMILES string of the molecule is Cc1nccc(Sc2nc(C)c(CC(=O)O)s2)n1. The maximum Gasteiger partial charge on any atom is 0.308 e. The first-order chi connectivity index (χ1) is 8.54. The van der Waals surface area contributed by atoms with Gasteiger partial charge >= 0.3 is 5.97 Å². The molecule has 0 aromatic carbocycles. The summed E-state index contributed by atoms with van der Waals surface area (Å²) in [7, 11) is 0. The van der Waals surface area contributed by atoms with E-state index in [1.165, 1.54) is 23.1 Å². The number of aromatic nitrogens is 3. The van der Waals surface area contributed by atoms with Crippen molar-refractivity contribution in [1.29, 1.82) is 0 Å². The second-order valence-electron chi connectivity index (χ2n) is 3.60. The highest BCUT2D eigenvalue weighted by Gasteiger charge is 2.12. The Labute approximate surface area is 112 Å². The molecule has 0 radical (unpaired) electrons. The molecular weight excluding hydrogens is 270 g/mol. The third-order valence-corrected chi connectivity index (χ3v) is 4.28. The van der Waals surface area contributed by atoms with Crippen LogP contribution in [-0.2, 0) is 11.2 Å². The van der Waals surface area contributed by atoms with Gasteiger partial charge < -0.3 is 5.11 Å². The summed E-state index contributed by atoms with van der Waals surface area (Å²) < 4.78 is 0.807. The molecule has 0 aliphatic carbocycles. The van der Waals surface area contributed by atoms with E-state index in [9.17, 15) is 4.79 Å². The molecule has 0 fully saturated rings. The average Bonchev–Trinajstić information content (AvgIpc) is 2.58. The van der Waals surface area contributed by atoms with Crippen LogP contribution in [0.2, 0.25) is 0 Å². The van der Waals surface area contributed by atoms with Crippen molar-refractivity contribution in [2.75, 3.05) is 0 Å². The molecule has 2 aromatic heterocycles. The number of carboxylic acids is 1. The van der Waals surface area contributed by atoms with Gasteiger partial charge in [0.15, 0.2) is 4.34 Å². The summed E-state index contributed by atoms with van der Waals surface area (Å²) in [5.74, 6) is -0.129. The van der Waals surface area contributed by atoms with E-state index in [4.69, 9.17) is 5.11 Å². The Hall–Kier alpha value is -1.47. The lowest BCUT2D eigenvalue weighted by Gasteiger charge is -1.96. The molecule has 2 rings (SSSR count). The molecule has 0 amide bonds. The van der Waals surface area contributed by atoms with Gasteiger partial charge in [0.05, 0.1) is 12.1 Å². The maximum absolute atomic E-state index is 10.7. The number of carboxylic acid groups (broad SMARTS) is 1.